The Kier molecular flexibility index (Phi) is 6.22. The fraction of sp³-hybridized carbons (Fsp3) is 0.920. The summed E-state index contributed by atoms with van der Waals surface area (Å²) >= 11 is 0. The topological polar surface area (TPSA) is 77.5 Å². The molecule has 0 radical (unpaired) electrons. The van der Waals surface area contributed by atoms with Crippen LogP contribution in [0.3, 0.4) is 0 Å². The van der Waals surface area contributed by atoms with Crippen LogP contribution in [0.5, 0.6) is 0 Å². The van der Waals surface area contributed by atoms with Gasteiger partial charge >= 0.3 is 0 Å². The van der Waals surface area contributed by atoms with E-state index in [0.717, 1.165) is 38.4 Å². The molecule has 0 bridgehead atoms. The molecule has 0 aromatic carbocycles. The molecule has 5 nitrogen and oxygen atoms in total. The lowest BCUT2D eigenvalue weighted by molar-refractivity contribution is -0.159. The largest absolute Gasteiger partial charge is 0.300 e. The molecule has 0 saturated heterocycles. The molecule has 0 aromatic rings. The van der Waals surface area contributed by atoms with Crippen molar-refractivity contribution < 1.29 is 22.2 Å². The highest BCUT2D eigenvalue weighted by Gasteiger charge is 2.63. The summed E-state index contributed by atoms with van der Waals surface area (Å²) in [6.07, 6.45) is 10.3. The van der Waals surface area contributed by atoms with Gasteiger partial charge in [-0.25, -0.2) is 0 Å². The zero-order chi connectivity index (χ0) is 22.6. The van der Waals surface area contributed by atoms with E-state index in [1.807, 2.05) is 0 Å². The standard InChI is InChI=1S/C25H40O5S/c1-16(6-5-13-30-31(4,28)29)19-7-8-20-23-21(10-12-25(19,20)3)24(2)11-9-18(26)14-17(24)15-22(23)27/h16-17,19-21,23H,5-15H2,1-4H3/t16-,17+,19-,20+,21+,23+,24+,25-/m1/s1. The van der Waals surface area contributed by atoms with Crippen LogP contribution >= 0.6 is 0 Å². The molecule has 0 heterocycles. The fourth-order valence-electron chi connectivity index (χ4n) is 8.52. The summed E-state index contributed by atoms with van der Waals surface area (Å²) < 4.78 is 27.3. The SMILES string of the molecule is C[C@H](CCCOS(C)(=O)=O)[C@H]1CC[C@H]2[C@@H]3C(=O)C[C@@H]4CC(=O)CC[C@]4(C)[C@H]3CC[C@]12C. The maximum absolute atomic E-state index is 13.4. The maximum Gasteiger partial charge on any atom is 0.264 e. The first kappa shape index (κ1) is 23.4. The summed E-state index contributed by atoms with van der Waals surface area (Å²) in [5.74, 6) is 3.23. The van der Waals surface area contributed by atoms with Crippen molar-refractivity contribution in [3.63, 3.8) is 0 Å². The first-order chi connectivity index (χ1) is 14.5. The third-order valence-corrected chi connectivity index (χ3v) is 10.7. The van der Waals surface area contributed by atoms with Crippen LogP contribution in [0.25, 0.3) is 0 Å². The van der Waals surface area contributed by atoms with Crippen LogP contribution in [0.2, 0.25) is 0 Å². The summed E-state index contributed by atoms with van der Waals surface area (Å²) in [5, 5.41) is 0. The minimum absolute atomic E-state index is 0.153. The first-order valence-corrected chi connectivity index (χ1v) is 14.2. The number of carbonyl (C=O) groups is 2. The van der Waals surface area contributed by atoms with Gasteiger partial charge in [0, 0.05) is 25.2 Å². The molecule has 0 spiro atoms. The van der Waals surface area contributed by atoms with Crippen LogP contribution in [-0.2, 0) is 23.9 Å². The van der Waals surface area contributed by atoms with Gasteiger partial charge in [-0.15, -0.1) is 0 Å². The van der Waals surface area contributed by atoms with E-state index in [9.17, 15) is 18.0 Å². The maximum atomic E-state index is 13.4. The number of rotatable bonds is 6. The Morgan fingerprint density at radius 1 is 1.03 bits per heavy atom. The smallest absolute Gasteiger partial charge is 0.264 e. The summed E-state index contributed by atoms with van der Waals surface area (Å²) in [6, 6.07) is 0. The van der Waals surface area contributed by atoms with E-state index in [1.54, 1.807) is 0 Å². The van der Waals surface area contributed by atoms with Crippen molar-refractivity contribution in [3.8, 4) is 0 Å². The third kappa shape index (κ3) is 4.16. The molecule has 6 heteroatoms. The fourth-order valence-corrected chi connectivity index (χ4v) is 8.94. The molecule has 0 unspecified atom stereocenters. The average molecular weight is 453 g/mol. The minimum atomic E-state index is -3.37. The highest BCUT2D eigenvalue weighted by molar-refractivity contribution is 7.85. The molecule has 0 aromatic heterocycles. The lowest BCUT2D eigenvalue weighted by Crippen LogP contribution is -2.57. The summed E-state index contributed by atoms with van der Waals surface area (Å²) in [7, 11) is -3.37. The van der Waals surface area contributed by atoms with E-state index in [0.29, 0.717) is 54.5 Å². The first-order valence-electron chi connectivity index (χ1n) is 12.3. The highest BCUT2D eigenvalue weighted by Crippen LogP contribution is 2.67. The molecule has 4 aliphatic carbocycles. The molecular formula is C25H40O5S. The number of ketones is 2. The lowest BCUT2D eigenvalue weighted by atomic mass is 9.44. The lowest BCUT2D eigenvalue weighted by Gasteiger charge is -2.59. The summed E-state index contributed by atoms with van der Waals surface area (Å²) in [5.41, 5.74) is 0.349. The second-order valence-electron chi connectivity index (χ2n) is 11.7. The van der Waals surface area contributed by atoms with Gasteiger partial charge in [-0.05, 0) is 85.4 Å². The molecule has 4 rings (SSSR count). The normalized spacial score (nSPS) is 43.8. The van der Waals surface area contributed by atoms with Crippen LogP contribution in [0.1, 0.15) is 85.0 Å². The second-order valence-corrected chi connectivity index (χ2v) is 13.4. The number of hydrogen-bond donors (Lipinski definition) is 0. The predicted octanol–water partition coefficient (Wildman–Crippen LogP) is 4.79. The quantitative estimate of drug-likeness (QED) is 0.428. The van der Waals surface area contributed by atoms with Gasteiger partial charge in [0.1, 0.15) is 11.6 Å². The summed E-state index contributed by atoms with van der Waals surface area (Å²) in [6.45, 7) is 7.38. The zero-order valence-corrected chi connectivity index (χ0v) is 20.5. The Morgan fingerprint density at radius 2 is 1.74 bits per heavy atom. The van der Waals surface area contributed by atoms with Crippen molar-refractivity contribution in [2.24, 2.45) is 46.3 Å². The molecular weight excluding hydrogens is 412 g/mol. The summed E-state index contributed by atoms with van der Waals surface area (Å²) in [4.78, 5) is 25.5. The van der Waals surface area contributed by atoms with Crippen molar-refractivity contribution in [1.29, 1.82) is 0 Å². The Morgan fingerprint density at radius 3 is 2.45 bits per heavy atom. The number of Topliss-reactive ketones (excluding diaryl/α,β-unsaturated/α-hetero) is 2. The van der Waals surface area contributed by atoms with Gasteiger partial charge in [0.05, 0.1) is 12.9 Å². The van der Waals surface area contributed by atoms with Crippen LogP contribution in [-0.4, -0.2) is 32.8 Å². The van der Waals surface area contributed by atoms with Crippen molar-refractivity contribution in [2.75, 3.05) is 12.9 Å². The Labute approximate surface area is 188 Å². The number of hydrogen-bond acceptors (Lipinski definition) is 5. The van der Waals surface area contributed by atoms with E-state index in [1.165, 1.54) is 12.8 Å². The molecule has 8 atom stereocenters. The van der Waals surface area contributed by atoms with Gasteiger partial charge in [0.25, 0.3) is 10.1 Å². The van der Waals surface area contributed by atoms with Gasteiger partial charge in [-0.1, -0.05) is 20.8 Å². The second kappa shape index (κ2) is 8.23. The van der Waals surface area contributed by atoms with Gasteiger partial charge in [0.15, 0.2) is 0 Å². The Bertz CT molecular complexity index is 835. The molecule has 0 amide bonds. The molecule has 4 fully saturated rings. The van der Waals surface area contributed by atoms with Gasteiger partial charge < -0.3 is 0 Å². The molecule has 0 N–H and O–H groups in total. The van der Waals surface area contributed by atoms with E-state index in [2.05, 4.69) is 20.8 Å². The monoisotopic (exact) mass is 452 g/mol. The van der Waals surface area contributed by atoms with Crippen LogP contribution in [0, 0.1) is 46.3 Å². The average Bonchev–Trinajstić information content (AvgIpc) is 3.03. The number of fused-ring (bicyclic) bond motifs is 5. The van der Waals surface area contributed by atoms with Crippen molar-refractivity contribution in [1.82, 2.24) is 0 Å². The molecule has 0 aliphatic heterocycles. The molecule has 31 heavy (non-hydrogen) atoms. The van der Waals surface area contributed by atoms with Crippen LogP contribution < -0.4 is 0 Å². The van der Waals surface area contributed by atoms with Gasteiger partial charge in [-0.2, -0.15) is 8.42 Å². The third-order valence-electron chi connectivity index (χ3n) is 10.1. The van der Waals surface area contributed by atoms with Crippen molar-refractivity contribution in [2.45, 2.75) is 85.0 Å². The van der Waals surface area contributed by atoms with Gasteiger partial charge in [0.2, 0.25) is 0 Å². The van der Waals surface area contributed by atoms with E-state index in [-0.39, 0.29) is 29.3 Å². The van der Waals surface area contributed by atoms with E-state index < -0.39 is 10.1 Å². The molecule has 4 saturated carbocycles. The predicted molar refractivity (Wildman–Crippen MR) is 120 cm³/mol. The van der Waals surface area contributed by atoms with Crippen molar-refractivity contribution >= 4 is 21.7 Å². The Hall–Kier alpha value is -0.750. The Balaban J connectivity index is 1.46. The molecule has 176 valence electrons. The van der Waals surface area contributed by atoms with Crippen LogP contribution in [0.15, 0.2) is 0 Å². The number of carbonyl (C=O) groups excluding carboxylic acids is 2. The van der Waals surface area contributed by atoms with Crippen molar-refractivity contribution in [3.05, 3.63) is 0 Å². The molecule has 4 aliphatic rings. The van der Waals surface area contributed by atoms with Gasteiger partial charge in [-0.3, -0.25) is 13.8 Å². The van der Waals surface area contributed by atoms with E-state index in [4.69, 9.17) is 4.18 Å². The zero-order valence-electron chi connectivity index (χ0n) is 19.7. The minimum Gasteiger partial charge on any atom is -0.300 e. The highest BCUT2D eigenvalue weighted by atomic mass is 32.2. The van der Waals surface area contributed by atoms with Crippen LogP contribution in [0.4, 0.5) is 0 Å². The van der Waals surface area contributed by atoms with E-state index >= 15 is 0 Å².